The average molecular weight is 277 g/mol. The van der Waals surface area contributed by atoms with Crippen molar-refractivity contribution in [3.63, 3.8) is 0 Å². The summed E-state index contributed by atoms with van der Waals surface area (Å²) in [7, 11) is 3.00. The SMILES string of the molecule is COc1ccc2c(c1)C=C(C(=O)N(C)CC(=O)O)CO2. The van der Waals surface area contributed by atoms with Crippen LogP contribution in [0.15, 0.2) is 23.8 Å². The van der Waals surface area contributed by atoms with Crippen LogP contribution in [0.25, 0.3) is 6.08 Å². The van der Waals surface area contributed by atoms with Gasteiger partial charge in [-0.3, -0.25) is 9.59 Å². The smallest absolute Gasteiger partial charge is 0.323 e. The van der Waals surface area contributed by atoms with Crippen molar-refractivity contribution in [2.24, 2.45) is 0 Å². The lowest BCUT2D eigenvalue weighted by atomic mass is 10.1. The first-order chi connectivity index (χ1) is 9.51. The molecule has 0 fully saturated rings. The molecule has 1 heterocycles. The van der Waals surface area contributed by atoms with Crippen molar-refractivity contribution in [1.29, 1.82) is 0 Å². The molecule has 0 aromatic heterocycles. The summed E-state index contributed by atoms with van der Waals surface area (Å²) in [6.45, 7) is -0.219. The van der Waals surface area contributed by atoms with Gasteiger partial charge in [0.25, 0.3) is 5.91 Å². The second-order valence-electron chi connectivity index (χ2n) is 4.42. The average Bonchev–Trinajstić information content (AvgIpc) is 2.44. The van der Waals surface area contributed by atoms with Crippen LogP contribution < -0.4 is 9.47 Å². The third-order valence-electron chi connectivity index (χ3n) is 2.92. The molecule has 0 unspecified atom stereocenters. The minimum Gasteiger partial charge on any atom is -0.497 e. The van der Waals surface area contributed by atoms with Gasteiger partial charge >= 0.3 is 5.97 Å². The van der Waals surface area contributed by atoms with E-state index in [1.165, 1.54) is 7.05 Å². The second kappa shape index (κ2) is 5.64. The van der Waals surface area contributed by atoms with Gasteiger partial charge in [0.15, 0.2) is 0 Å². The Morgan fingerprint density at radius 3 is 2.85 bits per heavy atom. The highest BCUT2D eigenvalue weighted by Gasteiger charge is 2.21. The van der Waals surface area contributed by atoms with Crippen LogP contribution in [0.4, 0.5) is 0 Å². The van der Waals surface area contributed by atoms with Crippen LogP contribution in [-0.4, -0.2) is 49.2 Å². The largest absolute Gasteiger partial charge is 0.497 e. The topological polar surface area (TPSA) is 76.1 Å². The van der Waals surface area contributed by atoms with Crippen molar-refractivity contribution >= 4 is 18.0 Å². The van der Waals surface area contributed by atoms with Crippen LogP contribution in [0.1, 0.15) is 5.56 Å². The molecule has 1 aliphatic rings. The van der Waals surface area contributed by atoms with Gasteiger partial charge in [-0.05, 0) is 24.3 Å². The summed E-state index contributed by atoms with van der Waals surface area (Å²) < 4.78 is 10.6. The molecule has 6 heteroatoms. The van der Waals surface area contributed by atoms with Crippen LogP contribution in [-0.2, 0) is 9.59 Å². The van der Waals surface area contributed by atoms with Gasteiger partial charge in [0.2, 0.25) is 0 Å². The lowest BCUT2D eigenvalue weighted by Gasteiger charge is -2.21. The molecule has 0 bridgehead atoms. The van der Waals surface area contributed by atoms with E-state index in [2.05, 4.69) is 0 Å². The number of aliphatic carboxylic acids is 1. The highest BCUT2D eigenvalue weighted by molar-refractivity contribution is 6.00. The second-order valence-corrected chi connectivity index (χ2v) is 4.42. The number of likely N-dealkylation sites (N-methyl/N-ethyl adjacent to an activating group) is 1. The fourth-order valence-electron chi connectivity index (χ4n) is 1.93. The molecule has 2 rings (SSSR count). The van der Waals surface area contributed by atoms with E-state index in [1.807, 2.05) is 0 Å². The van der Waals surface area contributed by atoms with Crippen LogP contribution in [0, 0.1) is 0 Å². The molecule has 0 spiro atoms. The van der Waals surface area contributed by atoms with Gasteiger partial charge in [-0.2, -0.15) is 0 Å². The summed E-state index contributed by atoms with van der Waals surface area (Å²) in [5, 5.41) is 8.70. The first kappa shape index (κ1) is 13.9. The maximum atomic E-state index is 12.1. The molecule has 1 amide bonds. The van der Waals surface area contributed by atoms with Crippen molar-refractivity contribution in [2.45, 2.75) is 0 Å². The Labute approximate surface area is 116 Å². The fraction of sp³-hybridized carbons (Fsp3) is 0.286. The van der Waals surface area contributed by atoms with Crippen LogP contribution in [0.5, 0.6) is 11.5 Å². The molecular weight excluding hydrogens is 262 g/mol. The number of carboxylic acid groups (broad SMARTS) is 1. The number of hydrogen-bond acceptors (Lipinski definition) is 4. The van der Waals surface area contributed by atoms with Gasteiger partial charge < -0.3 is 19.5 Å². The number of benzene rings is 1. The Morgan fingerprint density at radius 1 is 1.45 bits per heavy atom. The standard InChI is InChI=1S/C14H15NO5/c1-15(7-13(16)17)14(18)10-5-9-6-11(19-2)3-4-12(9)20-8-10/h3-6H,7-8H2,1-2H3,(H,16,17). The maximum Gasteiger partial charge on any atom is 0.323 e. The highest BCUT2D eigenvalue weighted by Crippen LogP contribution is 2.30. The normalized spacial score (nSPS) is 12.8. The summed E-state index contributed by atoms with van der Waals surface area (Å²) in [4.78, 5) is 23.8. The zero-order valence-electron chi connectivity index (χ0n) is 11.3. The molecule has 6 nitrogen and oxygen atoms in total. The molecule has 106 valence electrons. The number of carbonyl (C=O) groups is 2. The Balaban J connectivity index is 2.23. The van der Waals surface area contributed by atoms with E-state index in [-0.39, 0.29) is 19.1 Å². The first-order valence-electron chi connectivity index (χ1n) is 6.00. The van der Waals surface area contributed by atoms with Crippen molar-refractivity contribution in [2.75, 3.05) is 27.3 Å². The minimum absolute atomic E-state index is 0.127. The minimum atomic E-state index is -1.06. The third-order valence-corrected chi connectivity index (χ3v) is 2.92. The first-order valence-corrected chi connectivity index (χ1v) is 6.00. The van der Waals surface area contributed by atoms with E-state index >= 15 is 0 Å². The molecule has 0 radical (unpaired) electrons. The predicted octanol–water partition coefficient (Wildman–Crippen LogP) is 1.01. The van der Waals surface area contributed by atoms with Crippen LogP contribution in [0.2, 0.25) is 0 Å². The molecule has 1 aromatic rings. The number of fused-ring (bicyclic) bond motifs is 1. The number of nitrogens with zero attached hydrogens (tertiary/aromatic N) is 1. The van der Waals surface area contributed by atoms with Crippen LogP contribution in [0.3, 0.4) is 0 Å². The number of hydrogen-bond donors (Lipinski definition) is 1. The quantitative estimate of drug-likeness (QED) is 0.889. The van der Waals surface area contributed by atoms with E-state index < -0.39 is 5.97 Å². The van der Waals surface area contributed by atoms with Crippen molar-refractivity contribution < 1.29 is 24.2 Å². The Hall–Kier alpha value is -2.50. The monoisotopic (exact) mass is 277 g/mol. The summed E-state index contributed by atoms with van der Waals surface area (Å²) in [6.07, 6.45) is 1.70. The van der Waals surface area contributed by atoms with Gasteiger partial charge in [0.1, 0.15) is 24.7 Å². The number of carboxylic acids is 1. The molecule has 0 saturated heterocycles. The van der Waals surface area contributed by atoms with E-state index in [0.29, 0.717) is 17.1 Å². The highest BCUT2D eigenvalue weighted by atomic mass is 16.5. The summed E-state index contributed by atoms with van der Waals surface area (Å²) in [6, 6.07) is 5.31. The molecule has 1 aromatic carbocycles. The number of methoxy groups -OCH3 is 1. The maximum absolute atomic E-state index is 12.1. The van der Waals surface area contributed by atoms with Gasteiger partial charge in [-0.25, -0.2) is 0 Å². The summed E-state index contributed by atoms with van der Waals surface area (Å²) in [5.74, 6) is -0.0828. The summed E-state index contributed by atoms with van der Waals surface area (Å²) in [5.41, 5.74) is 1.15. The van der Waals surface area contributed by atoms with Gasteiger partial charge in [-0.15, -0.1) is 0 Å². The molecule has 1 N–H and O–H groups in total. The number of rotatable bonds is 4. The lowest BCUT2D eigenvalue weighted by molar-refractivity contribution is -0.142. The molecule has 20 heavy (non-hydrogen) atoms. The zero-order chi connectivity index (χ0) is 14.7. The lowest BCUT2D eigenvalue weighted by Crippen LogP contribution is -2.34. The molecular formula is C14H15NO5. The van der Waals surface area contributed by atoms with Gasteiger partial charge in [0, 0.05) is 12.6 Å². The molecule has 1 aliphatic heterocycles. The van der Waals surface area contributed by atoms with Crippen molar-refractivity contribution in [3.8, 4) is 11.5 Å². The van der Waals surface area contributed by atoms with E-state index in [0.717, 1.165) is 10.5 Å². The Kier molecular flexibility index (Phi) is 3.93. The molecule has 0 aliphatic carbocycles. The van der Waals surface area contributed by atoms with Gasteiger partial charge in [0.05, 0.1) is 12.7 Å². The number of amides is 1. The van der Waals surface area contributed by atoms with Gasteiger partial charge in [-0.1, -0.05) is 0 Å². The molecule has 0 saturated carbocycles. The van der Waals surface area contributed by atoms with E-state index in [1.54, 1.807) is 31.4 Å². The predicted molar refractivity (Wildman–Crippen MR) is 71.7 cm³/mol. The Bertz CT molecular complexity index is 579. The van der Waals surface area contributed by atoms with Crippen molar-refractivity contribution in [3.05, 3.63) is 29.3 Å². The van der Waals surface area contributed by atoms with E-state index in [9.17, 15) is 9.59 Å². The third kappa shape index (κ3) is 2.90. The number of carbonyl (C=O) groups excluding carboxylic acids is 1. The fourth-order valence-corrected chi connectivity index (χ4v) is 1.93. The summed E-state index contributed by atoms with van der Waals surface area (Å²) >= 11 is 0. The zero-order valence-corrected chi connectivity index (χ0v) is 11.3. The number of ether oxygens (including phenoxy) is 2. The van der Waals surface area contributed by atoms with Crippen LogP contribution >= 0.6 is 0 Å². The van der Waals surface area contributed by atoms with E-state index in [4.69, 9.17) is 14.6 Å². The Morgan fingerprint density at radius 2 is 2.20 bits per heavy atom. The molecule has 0 atom stereocenters. The van der Waals surface area contributed by atoms with Crippen molar-refractivity contribution in [1.82, 2.24) is 4.90 Å².